The zero-order valence-electron chi connectivity index (χ0n) is 9.67. The van der Waals surface area contributed by atoms with E-state index >= 15 is 0 Å². The maximum Gasteiger partial charge on any atom is 0.363 e. The lowest BCUT2D eigenvalue weighted by molar-refractivity contribution is -0.214. The van der Waals surface area contributed by atoms with Crippen LogP contribution < -0.4 is 0 Å². The third kappa shape index (κ3) is 6.10. The summed E-state index contributed by atoms with van der Waals surface area (Å²) in [5.74, 6) is -3.40. The van der Waals surface area contributed by atoms with E-state index in [9.17, 15) is 4.79 Å². The largest absolute Gasteiger partial charge is 0.477 e. The third-order valence-electron chi connectivity index (χ3n) is 1.63. The molecule has 0 aromatic carbocycles. The van der Waals surface area contributed by atoms with E-state index in [1.54, 1.807) is 13.1 Å². The monoisotopic (exact) mass is 227 g/mol. The number of carboxylic acids is 1. The van der Waals surface area contributed by atoms with Crippen LogP contribution >= 0.6 is 0 Å². The fourth-order valence-electron chi connectivity index (χ4n) is 0.791. The van der Waals surface area contributed by atoms with Crippen molar-refractivity contribution < 1.29 is 19.7 Å². The molecule has 0 bridgehead atoms. The van der Waals surface area contributed by atoms with Crippen molar-refractivity contribution in [1.29, 1.82) is 0 Å². The molecule has 0 saturated carbocycles. The highest BCUT2D eigenvalue weighted by molar-refractivity contribution is 5.74. The van der Waals surface area contributed by atoms with Gasteiger partial charge in [0.1, 0.15) is 0 Å². The highest BCUT2D eigenvalue weighted by atomic mass is 16.6. The van der Waals surface area contributed by atoms with Crippen LogP contribution in [0.15, 0.2) is 24.4 Å². The van der Waals surface area contributed by atoms with Crippen molar-refractivity contribution in [2.24, 2.45) is 0 Å². The predicted molar refractivity (Wildman–Crippen MR) is 58.9 cm³/mol. The third-order valence-corrected chi connectivity index (χ3v) is 1.63. The molecule has 1 heterocycles. The molecule has 0 amide bonds. The molecule has 1 aromatic rings. The molecule has 1 unspecified atom stereocenters. The first-order valence-electron chi connectivity index (χ1n) is 4.87. The van der Waals surface area contributed by atoms with Gasteiger partial charge in [-0.05, 0) is 26.0 Å². The van der Waals surface area contributed by atoms with Crippen LogP contribution in [0.3, 0.4) is 0 Å². The van der Waals surface area contributed by atoms with Gasteiger partial charge >= 0.3 is 5.97 Å². The Balaban J connectivity index is 0.000000288. The average Bonchev–Trinajstić information content (AvgIpc) is 2.19. The minimum absolute atomic E-state index is 0.180. The van der Waals surface area contributed by atoms with Crippen molar-refractivity contribution in [3.05, 3.63) is 30.1 Å². The number of carboxylic acid groups (broad SMARTS) is 1. The van der Waals surface area contributed by atoms with E-state index in [1.807, 2.05) is 25.1 Å². The van der Waals surface area contributed by atoms with Crippen LogP contribution in [0, 0.1) is 6.92 Å². The molecule has 0 aliphatic rings. The van der Waals surface area contributed by atoms with Gasteiger partial charge in [0.15, 0.2) is 0 Å². The van der Waals surface area contributed by atoms with Crippen molar-refractivity contribution in [1.82, 2.24) is 4.98 Å². The molecule has 0 radical (unpaired) electrons. The summed E-state index contributed by atoms with van der Waals surface area (Å²) in [5, 5.41) is 17.0. The minimum atomic E-state index is -2.03. The summed E-state index contributed by atoms with van der Waals surface area (Å²) in [5.41, 5.74) is 1.07. The van der Waals surface area contributed by atoms with E-state index < -0.39 is 11.8 Å². The number of rotatable bonds is 3. The van der Waals surface area contributed by atoms with E-state index in [1.165, 1.54) is 0 Å². The molecule has 0 aliphatic carbocycles. The van der Waals surface area contributed by atoms with Gasteiger partial charge in [-0.2, -0.15) is 0 Å². The second-order valence-corrected chi connectivity index (χ2v) is 3.19. The summed E-state index contributed by atoms with van der Waals surface area (Å²) in [6.07, 6.45) is 1.79. The van der Waals surface area contributed by atoms with E-state index in [0.717, 1.165) is 12.6 Å². The Morgan fingerprint density at radius 2 is 2.19 bits per heavy atom. The van der Waals surface area contributed by atoms with Crippen molar-refractivity contribution >= 4 is 5.97 Å². The number of aliphatic hydroxyl groups is 1. The van der Waals surface area contributed by atoms with Crippen LogP contribution in [-0.2, 0) is 9.53 Å². The number of ether oxygens (including phenoxy) is 1. The fraction of sp³-hybridized carbons (Fsp3) is 0.455. The zero-order valence-corrected chi connectivity index (χ0v) is 9.67. The van der Waals surface area contributed by atoms with Gasteiger partial charge in [-0.3, -0.25) is 4.98 Å². The summed E-state index contributed by atoms with van der Waals surface area (Å²) >= 11 is 0. The highest BCUT2D eigenvalue weighted by Crippen LogP contribution is 2.03. The fourth-order valence-corrected chi connectivity index (χ4v) is 0.791. The molecule has 0 fully saturated rings. The van der Waals surface area contributed by atoms with Gasteiger partial charge in [0, 0.05) is 25.4 Å². The first-order chi connectivity index (χ1) is 7.40. The summed E-state index contributed by atoms with van der Waals surface area (Å²) in [4.78, 5) is 14.0. The van der Waals surface area contributed by atoms with E-state index in [-0.39, 0.29) is 6.61 Å². The summed E-state index contributed by atoms with van der Waals surface area (Å²) in [6, 6.07) is 5.86. The van der Waals surface area contributed by atoms with Gasteiger partial charge in [-0.1, -0.05) is 6.07 Å². The van der Waals surface area contributed by atoms with Crippen molar-refractivity contribution in [3.63, 3.8) is 0 Å². The van der Waals surface area contributed by atoms with Crippen LogP contribution in [0.1, 0.15) is 19.5 Å². The number of aliphatic carboxylic acids is 1. The van der Waals surface area contributed by atoms with Gasteiger partial charge in [0.25, 0.3) is 5.79 Å². The first-order valence-corrected chi connectivity index (χ1v) is 4.87. The molecule has 0 aliphatic heterocycles. The zero-order chi connectivity index (χ0) is 12.6. The molecule has 2 N–H and O–H groups in total. The van der Waals surface area contributed by atoms with Crippen LogP contribution in [-0.4, -0.2) is 33.6 Å². The Labute approximate surface area is 94.7 Å². The number of hydrogen-bond acceptors (Lipinski definition) is 4. The molecule has 1 aromatic heterocycles. The van der Waals surface area contributed by atoms with Crippen molar-refractivity contribution in [2.45, 2.75) is 26.6 Å². The lowest BCUT2D eigenvalue weighted by Crippen LogP contribution is -2.37. The second kappa shape index (κ2) is 6.92. The van der Waals surface area contributed by atoms with Gasteiger partial charge in [-0.15, -0.1) is 0 Å². The molecule has 5 nitrogen and oxygen atoms in total. The number of hydrogen-bond donors (Lipinski definition) is 2. The number of nitrogens with zero attached hydrogens (tertiary/aromatic N) is 1. The molecule has 0 spiro atoms. The summed E-state index contributed by atoms with van der Waals surface area (Å²) in [7, 11) is 0. The van der Waals surface area contributed by atoms with Gasteiger partial charge < -0.3 is 14.9 Å². The SMILES string of the molecule is CCOC(C)(O)C(=O)O.Cc1ccccn1. The van der Waals surface area contributed by atoms with Gasteiger partial charge in [0.05, 0.1) is 0 Å². The highest BCUT2D eigenvalue weighted by Gasteiger charge is 2.29. The summed E-state index contributed by atoms with van der Waals surface area (Å²) in [6.45, 7) is 4.84. The smallest absolute Gasteiger partial charge is 0.363 e. The second-order valence-electron chi connectivity index (χ2n) is 3.19. The molecular weight excluding hydrogens is 210 g/mol. The summed E-state index contributed by atoms with van der Waals surface area (Å²) < 4.78 is 4.45. The Morgan fingerprint density at radius 1 is 1.56 bits per heavy atom. The lowest BCUT2D eigenvalue weighted by atomic mass is 10.3. The molecule has 0 saturated heterocycles. The van der Waals surface area contributed by atoms with E-state index in [2.05, 4.69) is 9.72 Å². The Morgan fingerprint density at radius 3 is 2.38 bits per heavy atom. The number of aromatic nitrogens is 1. The number of pyridine rings is 1. The van der Waals surface area contributed by atoms with Gasteiger partial charge in [-0.25, -0.2) is 4.79 Å². The van der Waals surface area contributed by atoms with E-state index in [4.69, 9.17) is 10.2 Å². The predicted octanol–water partition coefficient (Wildman–Crippen LogP) is 1.21. The molecule has 1 atom stereocenters. The number of carbonyl (C=O) groups is 1. The molecular formula is C11H17NO4. The van der Waals surface area contributed by atoms with Crippen LogP contribution in [0.25, 0.3) is 0 Å². The molecule has 16 heavy (non-hydrogen) atoms. The van der Waals surface area contributed by atoms with Crippen LogP contribution in [0.5, 0.6) is 0 Å². The van der Waals surface area contributed by atoms with Crippen LogP contribution in [0.4, 0.5) is 0 Å². The maximum absolute atomic E-state index is 10.0. The van der Waals surface area contributed by atoms with Crippen molar-refractivity contribution in [3.8, 4) is 0 Å². The van der Waals surface area contributed by atoms with Crippen molar-refractivity contribution in [2.75, 3.05) is 6.61 Å². The quantitative estimate of drug-likeness (QED) is 0.758. The molecule has 1 rings (SSSR count). The lowest BCUT2D eigenvalue weighted by Gasteiger charge is -2.16. The average molecular weight is 227 g/mol. The topological polar surface area (TPSA) is 79.7 Å². The maximum atomic E-state index is 10.0. The Hall–Kier alpha value is -1.46. The number of aryl methyl sites for hydroxylation is 1. The van der Waals surface area contributed by atoms with Gasteiger partial charge in [0.2, 0.25) is 0 Å². The van der Waals surface area contributed by atoms with Crippen LogP contribution in [0.2, 0.25) is 0 Å². The normalized spacial score (nSPS) is 13.2. The molecule has 5 heteroatoms. The molecule has 90 valence electrons. The Bertz CT molecular complexity index is 311. The minimum Gasteiger partial charge on any atom is -0.477 e. The Kier molecular flexibility index (Phi) is 6.29. The first kappa shape index (κ1) is 14.5. The standard InChI is InChI=1S/C6H7N.C5H10O4/c1-6-4-2-3-5-7-6;1-3-9-5(2,8)4(6)7/h2-5H,1H3;8H,3H2,1-2H3,(H,6,7). The van der Waals surface area contributed by atoms with E-state index in [0.29, 0.717) is 0 Å².